The molecule has 2 aromatic rings. The van der Waals surface area contributed by atoms with Crippen LogP contribution in [0.2, 0.25) is 0 Å². The summed E-state index contributed by atoms with van der Waals surface area (Å²) < 4.78 is 1.82. The van der Waals surface area contributed by atoms with Crippen molar-refractivity contribution in [3.63, 3.8) is 0 Å². The third-order valence-corrected chi connectivity index (χ3v) is 6.61. The lowest BCUT2D eigenvalue weighted by Crippen LogP contribution is -2.46. The quantitative estimate of drug-likeness (QED) is 0.721. The van der Waals surface area contributed by atoms with Crippen LogP contribution in [0.1, 0.15) is 43.1 Å². The fraction of sp³-hybridized carbons (Fsp3) is 0.440. The van der Waals surface area contributed by atoms with E-state index >= 15 is 0 Å². The molecule has 0 spiro atoms. The standard InChI is InChI=1S/C25H31N3O3/c1-3-8-18-11-12-20-23-22(24(30)26-13-4-2)19(16-29)21(15-28(20)25(18)31)27(23)14-17-9-6-5-7-10-17/h3,5-12,19,21-23,29H,4,13-16H2,1-2H3,(H,26,30)/b8-3+/t19-,21-,22+,23+/m0/s1. The Morgan fingerprint density at radius 3 is 2.68 bits per heavy atom. The van der Waals surface area contributed by atoms with Gasteiger partial charge in [0.1, 0.15) is 0 Å². The Balaban J connectivity index is 1.81. The number of aromatic nitrogens is 1. The average Bonchev–Trinajstić information content (AvgIpc) is 2.99. The van der Waals surface area contributed by atoms with E-state index in [0.29, 0.717) is 25.2 Å². The van der Waals surface area contributed by atoms with E-state index in [1.165, 1.54) is 0 Å². The maximum Gasteiger partial charge on any atom is 0.258 e. The molecule has 31 heavy (non-hydrogen) atoms. The minimum absolute atomic E-state index is 0.0312. The number of hydrogen-bond acceptors (Lipinski definition) is 4. The SMILES string of the molecule is C/C=C/c1ccc2n(c1=O)C[C@H]1[C@H](CO)[C@@H](C(=O)NCCC)[C@@H]2N1Cc1ccccc1. The molecule has 4 rings (SSSR count). The molecule has 1 aromatic carbocycles. The van der Waals surface area contributed by atoms with Crippen LogP contribution >= 0.6 is 0 Å². The number of rotatable bonds is 7. The molecule has 4 atom stereocenters. The largest absolute Gasteiger partial charge is 0.396 e. The summed E-state index contributed by atoms with van der Waals surface area (Å²) >= 11 is 0. The summed E-state index contributed by atoms with van der Waals surface area (Å²) in [6.45, 7) is 5.60. The second-order valence-corrected chi connectivity index (χ2v) is 8.46. The van der Waals surface area contributed by atoms with Crippen LogP contribution in [0.25, 0.3) is 6.08 Å². The molecule has 6 nitrogen and oxygen atoms in total. The van der Waals surface area contributed by atoms with E-state index < -0.39 is 5.92 Å². The van der Waals surface area contributed by atoms with Crippen LogP contribution in [0.15, 0.2) is 53.3 Å². The molecule has 1 amide bonds. The highest BCUT2D eigenvalue weighted by molar-refractivity contribution is 5.80. The van der Waals surface area contributed by atoms with Gasteiger partial charge in [0.15, 0.2) is 0 Å². The fourth-order valence-corrected chi connectivity index (χ4v) is 5.22. The van der Waals surface area contributed by atoms with E-state index in [4.69, 9.17) is 0 Å². The number of amides is 1. The van der Waals surface area contributed by atoms with Crippen LogP contribution in [0.3, 0.4) is 0 Å². The Morgan fingerprint density at radius 1 is 1.23 bits per heavy atom. The molecule has 2 bridgehead atoms. The third kappa shape index (κ3) is 3.86. The van der Waals surface area contributed by atoms with E-state index in [2.05, 4.69) is 22.3 Å². The predicted octanol–water partition coefficient (Wildman–Crippen LogP) is 2.57. The highest BCUT2D eigenvalue weighted by Gasteiger charge is 2.55. The molecule has 0 saturated carbocycles. The number of nitrogens with zero attached hydrogens (tertiary/aromatic N) is 2. The smallest absolute Gasteiger partial charge is 0.258 e. The Kier molecular flexibility index (Phi) is 6.39. The first-order chi connectivity index (χ1) is 15.1. The van der Waals surface area contributed by atoms with E-state index in [-0.39, 0.29) is 36.1 Å². The molecule has 164 valence electrons. The summed E-state index contributed by atoms with van der Waals surface area (Å²) in [5.41, 5.74) is 2.63. The monoisotopic (exact) mass is 421 g/mol. The van der Waals surface area contributed by atoms with Crippen molar-refractivity contribution in [3.8, 4) is 0 Å². The molecule has 2 aliphatic rings. The van der Waals surface area contributed by atoms with Gasteiger partial charge in [-0.2, -0.15) is 0 Å². The summed E-state index contributed by atoms with van der Waals surface area (Å²) in [4.78, 5) is 28.7. The molecule has 2 aliphatic heterocycles. The summed E-state index contributed by atoms with van der Waals surface area (Å²) in [5, 5.41) is 13.4. The first kappa shape index (κ1) is 21.5. The van der Waals surface area contributed by atoms with Gasteiger partial charge in [0.25, 0.3) is 5.56 Å². The number of aliphatic hydroxyl groups is 1. The number of hydrogen-bond donors (Lipinski definition) is 2. The zero-order valence-corrected chi connectivity index (χ0v) is 18.2. The van der Waals surface area contributed by atoms with Gasteiger partial charge in [-0.25, -0.2) is 0 Å². The maximum atomic E-state index is 13.2. The second kappa shape index (κ2) is 9.20. The third-order valence-electron chi connectivity index (χ3n) is 6.61. The Hall–Kier alpha value is -2.70. The van der Waals surface area contributed by atoms with Crippen LogP contribution in [0.4, 0.5) is 0 Å². The Morgan fingerprint density at radius 2 is 2.00 bits per heavy atom. The number of benzene rings is 1. The van der Waals surface area contributed by atoms with Gasteiger partial charge in [0, 0.05) is 49.5 Å². The number of allylic oxidation sites excluding steroid dienone is 1. The van der Waals surface area contributed by atoms with Crippen LogP contribution in [0, 0.1) is 11.8 Å². The maximum absolute atomic E-state index is 13.2. The van der Waals surface area contributed by atoms with Crippen molar-refractivity contribution in [2.45, 2.75) is 45.4 Å². The summed E-state index contributed by atoms with van der Waals surface area (Å²) in [6.07, 6.45) is 4.54. The molecule has 0 radical (unpaired) electrons. The van der Waals surface area contributed by atoms with Crippen molar-refractivity contribution in [2.75, 3.05) is 13.2 Å². The van der Waals surface area contributed by atoms with Crippen molar-refractivity contribution in [2.24, 2.45) is 11.8 Å². The first-order valence-corrected chi connectivity index (χ1v) is 11.1. The van der Waals surface area contributed by atoms with Gasteiger partial charge in [0.05, 0.1) is 12.0 Å². The van der Waals surface area contributed by atoms with Crippen molar-refractivity contribution in [1.29, 1.82) is 0 Å². The minimum Gasteiger partial charge on any atom is -0.396 e. The number of aliphatic hydroxyl groups excluding tert-OH is 1. The van der Waals surface area contributed by atoms with Gasteiger partial charge in [-0.1, -0.05) is 49.4 Å². The van der Waals surface area contributed by atoms with Crippen molar-refractivity contribution >= 4 is 12.0 Å². The van der Waals surface area contributed by atoms with Gasteiger partial charge in [0.2, 0.25) is 5.91 Å². The van der Waals surface area contributed by atoms with E-state index in [1.54, 1.807) is 0 Å². The van der Waals surface area contributed by atoms with Gasteiger partial charge >= 0.3 is 0 Å². The number of nitrogens with one attached hydrogen (secondary N) is 1. The molecule has 6 heteroatoms. The summed E-state index contributed by atoms with van der Waals surface area (Å²) in [6, 6.07) is 13.7. The Labute approximate surface area is 183 Å². The molecule has 1 saturated heterocycles. The molecular weight excluding hydrogens is 390 g/mol. The minimum atomic E-state index is -0.397. The predicted molar refractivity (Wildman–Crippen MR) is 121 cm³/mol. The second-order valence-electron chi connectivity index (χ2n) is 8.46. The fourth-order valence-electron chi connectivity index (χ4n) is 5.22. The molecule has 2 N–H and O–H groups in total. The summed E-state index contributed by atoms with van der Waals surface area (Å²) in [5.74, 6) is -0.661. The van der Waals surface area contributed by atoms with E-state index in [1.807, 2.05) is 60.9 Å². The Bertz CT molecular complexity index is 1010. The van der Waals surface area contributed by atoms with Crippen LogP contribution in [-0.4, -0.2) is 39.7 Å². The molecule has 0 unspecified atom stereocenters. The van der Waals surface area contributed by atoms with Crippen molar-refractivity contribution < 1.29 is 9.90 Å². The molecular formula is C25H31N3O3. The van der Waals surface area contributed by atoms with Crippen molar-refractivity contribution in [3.05, 3.63) is 75.7 Å². The molecule has 1 aromatic heterocycles. The van der Waals surface area contributed by atoms with Gasteiger partial charge < -0.3 is 15.0 Å². The lowest BCUT2D eigenvalue weighted by molar-refractivity contribution is -0.127. The number of fused-ring (bicyclic) bond motifs is 4. The van der Waals surface area contributed by atoms with Crippen molar-refractivity contribution in [1.82, 2.24) is 14.8 Å². The normalized spacial score (nSPS) is 25.0. The van der Waals surface area contributed by atoms with Gasteiger partial charge in [-0.05, 0) is 31.0 Å². The number of carbonyl (C=O) groups excluding carboxylic acids is 1. The highest BCUT2D eigenvalue weighted by Crippen LogP contribution is 2.48. The number of carbonyl (C=O) groups is 1. The van der Waals surface area contributed by atoms with Crippen LogP contribution < -0.4 is 10.9 Å². The molecule has 1 fully saturated rings. The number of pyridine rings is 1. The zero-order chi connectivity index (χ0) is 22.0. The van der Waals surface area contributed by atoms with Crippen LogP contribution in [0.5, 0.6) is 0 Å². The topological polar surface area (TPSA) is 74.6 Å². The average molecular weight is 422 g/mol. The lowest BCUT2D eigenvalue weighted by Gasteiger charge is -2.38. The lowest BCUT2D eigenvalue weighted by atomic mass is 9.86. The first-order valence-electron chi connectivity index (χ1n) is 11.1. The van der Waals surface area contributed by atoms with Crippen LogP contribution in [-0.2, 0) is 17.9 Å². The molecule has 3 heterocycles. The van der Waals surface area contributed by atoms with E-state index in [0.717, 1.165) is 17.7 Å². The molecule has 0 aliphatic carbocycles. The highest BCUT2D eigenvalue weighted by atomic mass is 16.3. The van der Waals surface area contributed by atoms with E-state index in [9.17, 15) is 14.7 Å². The van der Waals surface area contributed by atoms with Gasteiger partial charge in [-0.3, -0.25) is 14.5 Å². The van der Waals surface area contributed by atoms with Gasteiger partial charge in [-0.15, -0.1) is 0 Å². The zero-order valence-electron chi connectivity index (χ0n) is 18.2. The summed E-state index contributed by atoms with van der Waals surface area (Å²) in [7, 11) is 0.